The first-order chi connectivity index (χ1) is 13.2. The highest BCUT2D eigenvalue weighted by Gasteiger charge is 2.32. The van der Waals surface area contributed by atoms with E-state index in [2.05, 4.69) is 29.6 Å². The van der Waals surface area contributed by atoms with Gasteiger partial charge in [-0.15, -0.1) is 0 Å². The van der Waals surface area contributed by atoms with Gasteiger partial charge in [0.25, 0.3) is 0 Å². The fourth-order valence-corrected chi connectivity index (χ4v) is 4.00. The Morgan fingerprint density at radius 1 is 1.19 bits per heavy atom. The van der Waals surface area contributed by atoms with E-state index in [9.17, 15) is 9.59 Å². The van der Waals surface area contributed by atoms with Crippen molar-refractivity contribution in [1.29, 1.82) is 0 Å². The summed E-state index contributed by atoms with van der Waals surface area (Å²) in [6, 6.07) is 11.0. The summed E-state index contributed by atoms with van der Waals surface area (Å²) in [7, 11) is 0. The van der Waals surface area contributed by atoms with Crippen molar-refractivity contribution in [3.05, 3.63) is 35.9 Å². The van der Waals surface area contributed by atoms with Crippen LogP contribution in [0.5, 0.6) is 0 Å². The summed E-state index contributed by atoms with van der Waals surface area (Å²) >= 11 is 0. The average Bonchev–Trinajstić information content (AvgIpc) is 3.02. The molecule has 1 unspecified atom stereocenters. The zero-order valence-corrected chi connectivity index (χ0v) is 16.2. The molecule has 0 bridgehead atoms. The standard InChI is InChI=1S/C21H31N3O3/c1-2-27-21(26)23-13-10-18(11-14-23)22-19-15-20(25)24(16-19)12-6-9-17-7-4-3-5-8-17/h3-5,7-8,18-19,22H,2,6,9-16H2,1H3. The van der Waals surface area contributed by atoms with Crippen LogP contribution >= 0.6 is 0 Å². The van der Waals surface area contributed by atoms with E-state index in [4.69, 9.17) is 4.74 Å². The van der Waals surface area contributed by atoms with E-state index in [0.717, 1.165) is 51.9 Å². The van der Waals surface area contributed by atoms with Crippen LogP contribution in [0.25, 0.3) is 0 Å². The Bertz CT molecular complexity index is 614. The van der Waals surface area contributed by atoms with Crippen molar-refractivity contribution in [2.45, 2.75) is 51.1 Å². The third-order valence-electron chi connectivity index (χ3n) is 5.44. The number of benzene rings is 1. The lowest BCUT2D eigenvalue weighted by molar-refractivity contribution is -0.127. The van der Waals surface area contributed by atoms with Crippen molar-refractivity contribution in [2.75, 3.05) is 32.8 Å². The van der Waals surface area contributed by atoms with Gasteiger partial charge in [-0.05, 0) is 38.2 Å². The van der Waals surface area contributed by atoms with Crippen LogP contribution in [0.3, 0.4) is 0 Å². The van der Waals surface area contributed by atoms with Crippen molar-refractivity contribution in [1.82, 2.24) is 15.1 Å². The van der Waals surface area contributed by atoms with E-state index in [-0.39, 0.29) is 18.0 Å². The Hall–Kier alpha value is -2.08. The third-order valence-corrected chi connectivity index (χ3v) is 5.44. The van der Waals surface area contributed by atoms with Gasteiger partial charge in [-0.3, -0.25) is 4.79 Å². The number of carbonyl (C=O) groups excluding carboxylic acids is 2. The second kappa shape index (κ2) is 9.74. The van der Waals surface area contributed by atoms with Gasteiger partial charge < -0.3 is 19.9 Å². The fourth-order valence-electron chi connectivity index (χ4n) is 4.00. The van der Waals surface area contributed by atoms with E-state index in [1.807, 2.05) is 17.9 Å². The van der Waals surface area contributed by atoms with Crippen LogP contribution < -0.4 is 5.32 Å². The normalized spacial score (nSPS) is 20.9. The van der Waals surface area contributed by atoms with Gasteiger partial charge in [0.15, 0.2) is 0 Å². The Morgan fingerprint density at radius 3 is 2.63 bits per heavy atom. The van der Waals surface area contributed by atoms with Crippen molar-refractivity contribution in [3.63, 3.8) is 0 Å². The van der Waals surface area contributed by atoms with E-state index < -0.39 is 0 Å². The first-order valence-electron chi connectivity index (χ1n) is 10.1. The molecule has 6 heteroatoms. The molecule has 2 aliphatic heterocycles. The number of ether oxygens (including phenoxy) is 1. The first kappa shape index (κ1) is 19.7. The summed E-state index contributed by atoms with van der Waals surface area (Å²) in [6.45, 7) is 5.31. The van der Waals surface area contributed by atoms with Crippen molar-refractivity contribution in [3.8, 4) is 0 Å². The molecule has 0 aliphatic carbocycles. The van der Waals surface area contributed by atoms with E-state index in [0.29, 0.717) is 19.1 Å². The zero-order valence-electron chi connectivity index (χ0n) is 16.2. The van der Waals surface area contributed by atoms with Crippen LogP contribution in [0.4, 0.5) is 4.79 Å². The molecule has 1 N–H and O–H groups in total. The van der Waals surface area contributed by atoms with Crippen LogP contribution in [0.2, 0.25) is 0 Å². The second-order valence-corrected chi connectivity index (χ2v) is 7.46. The Labute approximate surface area is 161 Å². The van der Waals surface area contributed by atoms with Crippen molar-refractivity contribution < 1.29 is 14.3 Å². The molecule has 0 saturated carbocycles. The molecule has 27 heavy (non-hydrogen) atoms. The number of piperidine rings is 1. The van der Waals surface area contributed by atoms with Gasteiger partial charge in [0.1, 0.15) is 0 Å². The summed E-state index contributed by atoms with van der Waals surface area (Å²) in [4.78, 5) is 27.8. The van der Waals surface area contributed by atoms with Crippen LogP contribution in [0.1, 0.15) is 38.2 Å². The number of hydrogen-bond acceptors (Lipinski definition) is 4. The maximum atomic E-state index is 12.3. The predicted octanol–water partition coefficient (Wildman–Crippen LogP) is 2.43. The lowest BCUT2D eigenvalue weighted by Crippen LogP contribution is -2.48. The van der Waals surface area contributed by atoms with E-state index >= 15 is 0 Å². The summed E-state index contributed by atoms with van der Waals surface area (Å²) in [6.07, 6.45) is 4.21. The molecule has 2 heterocycles. The van der Waals surface area contributed by atoms with Gasteiger partial charge in [-0.2, -0.15) is 0 Å². The molecule has 1 aromatic carbocycles. The minimum absolute atomic E-state index is 0.211. The highest BCUT2D eigenvalue weighted by atomic mass is 16.6. The third kappa shape index (κ3) is 5.70. The van der Waals surface area contributed by atoms with Gasteiger partial charge in [0.05, 0.1) is 6.61 Å². The molecule has 148 valence electrons. The smallest absolute Gasteiger partial charge is 0.409 e. The van der Waals surface area contributed by atoms with Gasteiger partial charge >= 0.3 is 6.09 Å². The van der Waals surface area contributed by atoms with E-state index in [1.54, 1.807) is 4.90 Å². The molecule has 0 radical (unpaired) electrons. The number of likely N-dealkylation sites (tertiary alicyclic amines) is 2. The summed E-state index contributed by atoms with van der Waals surface area (Å²) in [5.74, 6) is 0.254. The van der Waals surface area contributed by atoms with Gasteiger partial charge in [-0.1, -0.05) is 30.3 Å². The molecule has 2 saturated heterocycles. The molecular weight excluding hydrogens is 342 g/mol. The molecule has 0 spiro atoms. The number of amides is 2. The highest BCUT2D eigenvalue weighted by Crippen LogP contribution is 2.17. The van der Waals surface area contributed by atoms with Gasteiger partial charge in [0, 0.05) is 44.7 Å². The summed E-state index contributed by atoms with van der Waals surface area (Å²) in [5.41, 5.74) is 1.33. The first-order valence-corrected chi connectivity index (χ1v) is 10.1. The quantitative estimate of drug-likeness (QED) is 0.797. The number of carbonyl (C=O) groups is 2. The molecule has 2 aliphatic rings. The van der Waals surface area contributed by atoms with E-state index in [1.165, 1.54) is 5.56 Å². The second-order valence-electron chi connectivity index (χ2n) is 7.46. The molecule has 1 atom stereocenters. The number of rotatable bonds is 7. The lowest BCUT2D eigenvalue weighted by atomic mass is 10.0. The van der Waals surface area contributed by atoms with Crippen molar-refractivity contribution in [2.24, 2.45) is 0 Å². The number of aryl methyl sites for hydroxylation is 1. The molecule has 2 fully saturated rings. The Morgan fingerprint density at radius 2 is 1.93 bits per heavy atom. The topological polar surface area (TPSA) is 61.9 Å². The Balaban J connectivity index is 1.36. The molecule has 0 aromatic heterocycles. The number of hydrogen-bond donors (Lipinski definition) is 1. The maximum Gasteiger partial charge on any atom is 0.409 e. The van der Waals surface area contributed by atoms with Crippen LogP contribution in [-0.2, 0) is 16.0 Å². The lowest BCUT2D eigenvalue weighted by Gasteiger charge is -2.33. The number of nitrogens with zero attached hydrogens (tertiary/aromatic N) is 2. The SMILES string of the molecule is CCOC(=O)N1CCC(NC2CC(=O)N(CCCc3ccccc3)C2)CC1. The zero-order chi connectivity index (χ0) is 19.1. The highest BCUT2D eigenvalue weighted by molar-refractivity contribution is 5.79. The number of nitrogens with one attached hydrogen (secondary N) is 1. The molecular formula is C21H31N3O3. The minimum Gasteiger partial charge on any atom is -0.450 e. The largest absolute Gasteiger partial charge is 0.450 e. The van der Waals surface area contributed by atoms with Gasteiger partial charge in [0.2, 0.25) is 5.91 Å². The predicted molar refractivity (Wildman–Crippen MR) is 105 cm³/mol. The molecule has 1 aromatic rings. The van der Waals surface area contributed by atoms with Crippen LogP contribution in [0.15, 0.2) is 30.3 Å². The van der Waals surface area contributed by atoms with Gasteiger partial charge in [-0.25, -0.2) is 4.79 Å². The fraction of sp³-hybridized carbons (Fsp3) is 0.619. The average molecular weight is 373 g/mol. The molecule has 6 nitrogen and oxygen atoms in total. The van der Waals surface area contributed by atoms with Crippen LogP contribution in [-0.4, -0.2) is 66.7 Å². The van der Waals surface area contributed by atoms with Crippen LogP contribution in [0, 0.1) is 0 Å². The summed E-state index contributed by atoms with van der Waals surface area (Å²) < 4.78 is 5.06. The van der Waals surface area contributed by atoms with Crippen molar-refractivity contribution >= 4 is 12.0 Å². The monoisotopic (exact) mass is 373 g/mol. The maximum absolute atomic E-state index is 12.3. The minimum atomic E-state index is -0.211. The summed E-state index contributed by atoms with van der Waals surface area (Å²) in [5, 5.41) is 3.64. The molecule has 3 rings (SSSR count). The Kier molecular flexibility index (Phi) is 7.10. The molecule has 2 amide bonds.